The van der Waals surface area contributed by atoms with Gasteiger partial charge in [0.05, 0.1) is 13.7 Å². The Kier molecular flexibility index (Phi) is 8.19. The van der Waals surface area contributed by atoms with Crippen molar-refractivity contribution >= 4 is 23.0 Å². The van der Waals surface area contributed by atoms with Crippen LogP contribution in [-0.4, -0.2) is 51.3 Å². The molecule has 3 rings (SSSR count). The molecule has 0 unspecified atom stereocenters. The number of guanidine groups is 1. The number of anilines is 1. The summed E-state index contributed by atoms with van der Waals surface area (Å²) in [4.78, 5) is 8.37. The van der Waals surface area contributed by atoms with E-state index in [0.717, 1.165) is 43.6 Å². The Labute approximate surface area is 177 Å². The maximum absolute atomic E-state index is 5.58. The lowest BCUT2D eigenvalue weighted by atomic mass is 9.97. The maximum atomic E-state index is 5.58. The molecule has 1 fully saturated rings. The minimum Gasteiger partial charge on any atom is -0.493 e. The first kappa shape index (κ1) is 21.5. The molecule has 0 bridgehead atoms. The predicted molar refractivity (Wildman–Crippen MR) is 121 cm³/mol. The zero-order valence-corrected chi connectivity index (χ0v) is 18.4. The van der Waals surface area contributed by atoms with Gasteiger partial charge in [0, 0.05) is 36.8 Å². The summed E-state index contributed by atoms with van der Waals surface area (Å²) in [7, 11) is 3.45. The average molecular weight is 417 g/mol. The largest absolute Gasteiger partial charge is 0.493 e. The Hall–Kier alpha value is -2.25. The number of methoxy groups -OCH3 is 1. The first-order chi connectivity index (χ1) is 14.2. The molecule has 2 heterocycles. The van der Waals surface area contributed by atoms with Gasteiger partial charge >= 0.3 is 0 Å². The molecule has 0 saturated carbocycles. The highest BCUT2D eigenvalue weighted by molar-refractivity contribution is 7.09. The lowest BCUT2D eigenvalue weighted by molar-refractivity contribution is 0.179. The highest BCUT2D eigenvalue weighted by Gasteiger charge is 2.19. The SMILES string of the molecule is CCOc1ccc(NC(=NC)NCC2CCN(Cc3cccs3)CC2)cc1OC. The van der Waals surface area contributed by atoms with Crippen LogP contribution in [-0.2, 0) is 6.54 Å². The van der Waals surface area contributed by atoms with Crippen molar-refractivity contribution in [1.29, 1.82) is 0 Å². The maximum Gasteiger partial charge on any atom is 0.195 e. The van der Waals surface area contributed by atoms with Crippen LogP contribution in [0.1, 0.15) is 24.6 Å². The first-order valence-corrected chi connectivity index (χ1v) is 11.1. The quantitative estimate of drug-likeness (QED) is 0.502. The molecule has 2 aromatic rings. The smallest absolute Gasteiger partial charge is 0.195 e. The summed E-state index contributed by atoms with van der Waals surface area (Å²) in [5, 5.41) is 8.98. The van der Waals surface area contributed by atoms with Crippen LogP contribution in [0.25, 0.3) is 0 Å². The van der Waals surface area contributed by atoms with E-state index in [4.69, 9.17) is 9.47 Å². The number of hydrogen-bond acceptors (Lipinski definition) is 5. The molecular weight excluding hydrogens is 384 g/mol. The summed E-state index contributed by atoms with van der Waals surface area (Å²) in [6.45, 7) is 6.91. The molecule has 2 N–H and O–H groups in total. The van der Waals surface area contributed by atoms with Crippen molar-refractivity contribution in [3.63, 3.8) is 0 Å². The summed E-state index contributed by atoms with van der Waals surface area (Å²) in [5.41, 5.74) is 0.921. The van der Waals surface area contributed by atoms with Crippen LogP contribution in [0.4, 0.5) is 5.69 Å². The number of thiophene rings is 1. The van der Waals surface area contributed by atoms with Gasteiger partial charge in [-0.25, -0.2) is 0 Å². The van der Waals surface area contributed by atoms with Crippen LogP contribution in [0.15, 0.2) is 40.7 Å². The second-order valence-corrected chi connectivity index (χ2v) is 8.21. The number of hydrogen-bond donors (Lipinski definition) is 2. The molecule has 0 radical (unpaired) electrons. The van der Waals surface area contributed by atoms with Gasteiger partial charge in [-0.05, 0) is 62.4 Å². The van der Waals surface area contributed by atoms with Crippen LogP contribution in [0.5, 0.6) is 11.5 Å². The monoisotopic (exact) mass is 416 g/mol. The number of nitrogens with zero attached hydrogens (tertiary/aromatic N) is 2. The minimum absolute atomic E-state index is 0.610. The zero-order valence-electron chi connectivity index (χ0n) is 17.6. The number of aliphatic imine (C=N–C) groups is 1. The van der Waals surface area contributed by atoms with E-state index in [2.05, 4.69) is 38.0 Å². The molecule has 158 valence electrons. The molecule has 0 aliphatic carbocycles. The average Bonchev–Trinajstić information content (AvgIpc) is 3.26. The number of likely N-dealkylation sites (tertiary alicyclic amines) is 1. The van der Waals surface area contributed by atoms with Gasteiger partial charge in [0.25, 0.3) is 0 Å². The van der Waals surface area contributed by atoms with Crippen LogP contribution < -0.4 is 20.1 Å². The second-order valence-electron chi connectivity index (χ2n) is 7.18. The third-order valence-electron chi connectivity index (χ3n) is 5.17. The van der Waals surface area contributed by atoms with E-state index in [9.17, 15) is 0 Å². The summed E-state index contributed by atoms with van der Waals surface area (Å²) >= 11 is 1.85. The van der Waals surface area contributed by atoms with Gasteiger partial charge in [0.15, 0.2) is 17.5 Å². The van der Waals surface area contributed by atoms with Crippen LogP contribution in [0.3, 0.4) is 0 Å². The highest BCUT2D eigenvalue weighted by atomic mass is 32.1. The Morgan fingerprint density at radius 1 is 1.24 bits per heavy atom. The summed E-state index contributed by atoms with van der Waals surface area (Å²) in [5.74, 6) is 2.91. The third kappa shape index (κ3) is 6.37. The number of ether oxygens (including phenoxy) is 2. The summed E-state index contributed by atoms with van der Waals surface area (Å²) < 4.78 is 11.0. The van der Waals surface area contributed by atoms with Crippen molar-refractivity contribution in [2.75, 3.05) is 45.7 Å². The van der Waals surface area contributed by atoms with E-state index in [1.54, 1.807) is 14.2 Å². The standard InChI is InChI=1S/C22H32N4O2S/c1-4-28-20-8-7-18(14-21(20)27-3)25-22(23-2)24-15-17-9-11-26(12-10-17)16-19-6-5-13-29-19/h5-8,13-14,17H,4,9-12,15-16H2,1-3H3,(H2,23,24,25). The van der Waals surface area contributed by atoms with Crippen molar-refractivity contribution in [2.24, 2.45) is 10.9 Å². The molecule has 29 heavy (non-hydrogen) atoms. The van der Waals surface area contributed by atoms with E-state index >= 15 is 0 Å². The molecule has 1 saturated heterocycles. The summed E-state index contributed by atoms with van der Waals surface area (Å²) in [6.07, 6.45) is 2.43. The van der Waals surface area contributed by atoms with Crippen molar-refractivity contribution in [3.8, 4) is 11.5 Å². The summed E-state index contributed by atoms with van der Waals surface area (Å²) in [6, 6.07) is 10.2. The van der Waals surface area contributed by atoms with Gasteiger partial charge < -0.3 is 20.1 Å². The molecule has 1 aromatic heterocycles. The number of rotatable bonds is 8. The number of benzene rings is 1. The topological polar surface area (TPSA) is 58.1 Å². The van der Waals surface area contributed by atoms with E-state index in [-0.39, 0.29) is 0 Å². The Balaban J connectivity index is 1.45. The molecule has 1 aliphatic heterocycles. The van der Waals surface area contributed by atoms with Gasteiger partial charge in [-0.2, -0.15) is 0 Å². The number of piperidine rings is 1. The molecule has 0 spiro atoms. The highest BCUT2D eigenvalue weighted by Crippen LogP contribution is 2.30. The van der Waals surface area contributed by atoms with Crippen LogP contribution >= 0.6 is 11.3 Å². The molecule has 1 aliphatic rings. The molecule has 7 heteroatoms. The molecule has 1 aromatic carbocycles. The van der Waals surface area contributed by atoms with E-state index < -0.39 is 0 Å². The lowest BCUT2D eigenvalue weighted by Crippen LogP contribution is -2.40. The minimum atomic E-state index is 0.610. The van der Waals surface area contributed by atoms with Crippen molar-refractivity contribution < 1.29 is 9.47 Å². The fourth-order valence-corrected chi connectivity index (χ4v) is 4.29. The first-order valence-electron chi connectivity index (χ1n) is 10.2. The van der Waals surface area contributed by atoms with Gasteiger partial charge in [-0.3, -0.25) is 9.89 Å². The fraction of sp³-hybridized carbons (Fsp3) is 0.500. The van der Waals surface area contributed by atoms with Gasteiger partial charge in [0.2, 0.25) is 0 Å². The molecule has 6 nitrogen and oxygen atoms in total. The Bertz CT molecular complexity index is 771. The molecule has 0 atom stereocenters. The normalized spacial score (nSPS) is 15.9. The van der Waals surface area contributed by atoms with Crippen LogP contribution in [0, 0.1) is 5.92 Å². The Morgan fingerprint density at radius 3 is 2.72 bits per heavy atom. The lowest BCUT2D eigenvalue weighted by Gasteiger charge is -2.32. The Morgan fingerprint density at radius 2 is 2.07 bits per heavy atom. The zero-order chi connectivity index (χ0) is 20.5. The van der Waals surface area contributed by atoms with E-state index in [1.807, 2.05) is 36.5 Å². The third-order valence-corrected chi connectivity index (χ3v) is 6.04. The molecular formula is C22H32N4O2S. The van der Waals surface area contributed by atoms with Crippen LogP contribution in [0.2, 0.25) is 0 Å². The van der Waals surface area contributed by atoms with Gasteiger partial charge in [0.1, 0.15) is 0 Å². The number of nitrogens with one attached hydrogen (secondary N) is 2. The van der Waals surface area contributed by atoms with Gasteiger partial charge in [-0.15, -0.1) is 11.3 Å². The van der Waals surface area contributed by atoms with Crippen molar-refractivity contribution in [1.82, 2.24) is 10.2 Å². The second kappa shape index (κ2) is 11.1. The van der Waals surface area contributed by atoms with E-state index in [1.165, 1.54) is 17.7 Å². The molecule has 0 amide bonds. The van der Waals surface area contributed by atoms with E-state index in [0.29, 0.717) is 18.3 Å². The van der Waals surface area contributed by atoms with Crippen molar-refractivity contribution in [3.05, 3.63) is 40.6 Å². The predicted octanol–water partition coefficient (Wildman–Crippen LogP) is 4.05. The van der Waals surface area contributed by atoms with Gasteiger partial charge in [-0.1, -0.05) is 6.07 Å². The van der Waals surface area contributed by atoms with Crippen molar-refractivity contribution in [2.45, 2.75) is 26.3 Å². The fourth-order valence-electron chi connectivity index (χ4n) is 3.55.